The van der Waals surface area contributed by atoms with Crippen molar-refractivity contribution in [2.75, 3.05) is 11.1 Å². The summed E-state index contributed by atoms with van der Waals surface area (Å²) in [6.45, 7) is 0.651. The average Bonchev–Trinajstić information content (AvgIpc) is 3.50. The van der Waals surface area contributed by atoms with Crippen molar-refractivity contribution in [2.45, 2.75) is 30.5 Å². The molecule has 1 N–H and O–H groups in total. The molecule has 3 aromatic rings. The molecule has 0 saturated heterocycles. The van der Waals surface area contributed by atoms with Crippen LogP contribution in [-0.2, 0) is 11.3 Å². The van der Waals surface area contributed by atoms with E-state index in [4.69, 9.17) is 11.6 Å². The lowest BCUT2D eigenvalue weighted by molar-refractivity contribution is -0.384. The van der Waals surface area contributed by atoms with Crippen molar-refractivity contribution in [1.82, 2.24) is 14.8 Å². The number of halogens is 1. The zero-order valence-electron chi connectivity index (χ0n) is 15.8. The third-order valence-electron chi connectivity index (χ3n) is 4.64. The van der Waals surface area contributed by atoms with Gasteiger partial charge in [-0.05, 0) is 24.5 Å². The van der Waals surface area contributed by atoms with Crippen LogP contribution in [0, 0.1) is 10.1 Å². The number of carbonyl (C=O) groups is 1. The monoisotopic (exact) mass is 443 g/mol. The third-order valence-corrected chi connectivity index (χ3v) is 5.92. The van der Waals surface area contributed by atoms with Gasteiger partial charge in [0.2, 0.25) is 5.91 Å². The van der Waals surface area contributed by atoms with E-state index in [-0.39, 0.29) is 22.4 Å². The van der Waals surface area contributed by atoms with Gasteiger partial charge in [-0.1, -0.05) is 53.7 Å². The number of nitro groups is 1. The van der Waals surface area contributed by atoms with Gasteiger partial charge in [0.05, 0.1) is 27.9 Å². The lowest BCUT2D eigenvalue weighted by Gasteiger charge is -2.10. The summed E-state index contributed by atoms with van der Waals surface area (Å²) in [7, 11) is 0. The van der Waals surface area contributed by atoms with Crippen molar-refractivity contribution in [1.29, 1.82) is 0 Å². The standard InChI is InChI=1S/C20H18ClN5O3S/c21-16-10-15(26(28)29)8-9-17(16)22-18(27)12-30-20-24-23-19(14-6-7-14)25(20)11-13-4-2-1-3-5-13/h1-5,8-10,14H,6-7,11-12H2,(H,22,27). The van der Waals surface area contributed by atoms with E-state index in [1.165, 1.54) is 30.0 Å². The number of amides is 1. The number of benzene rings is 2. The van der Waals surface area contributed by atoms with E-state index in [2.05, 4.69) is 32.2 Å². The number of nitrogens with one attached hydrogen (secondary N) is 1. The molecule has 1 aliphatic rings. The number of carbonyl (C=O) groups excluding carboxylic acids is 1. The Kier molecular flexibility index (Phi) is 6.01. The first-order chi connectivity index (χ1) is 14.5. The average molecular weight is 444 g/mol. The van der Waals surface area contributed by atoms with Crippen LogP contribution in [0.4, 0.5) is 11.4 Å². The van der Waals surface area contributed by atoms with E-state index in [1.54, 1.807) is 0 Å². The van der Waals surface area contributed by atoms with Gasteiger partial charge in [-0.2, -0.15) is 0 Å². The van der Waals surface area contributed by atoms with Crippen molar-refractivity contribution in [3.63, 3.8) is 0 Å². The highest BCUT2D eigenvalue weighted by Crippen LogP contribution is 2.40. The fraction of sp³-hybridized carbons (Fsp3) is 0.250. The zero-order valence-corrected chi connectivity index (χ0v) is 17.4. The van der Waals surface area contributed by atoms with E-state index in [9.17, 15) is 14.9 Å². The molecule has 154 valence electrons. The fourth-order valence-electron chi connectivity index (χ4n) is 3.00. The van der Waals surface area contributed by atoms with E-state index in [0.29, 0.717) is 23.3 Å². The summed E-state index contributed by atoms with van der Waals surface area (Å²) < 4.78 is 2.07. The maximum Gasteiger partial charge on any atom is 0.271 e. The Bertz CT molecular complexity index is 1090. The molecule has 1 fully saturated rings. The van der Waals surface area contributed by atoms with Crippen LogP contribution in [0.3, 0.4) is 0 Å². The molecule has 30 heavy (non-hydrogen) atoms. The largest absolute Gasteiger partial charge is 0.324 e. The predicted octanol–water partition coefficient (Wildman–Crippen LogP) is 4.50. The quantitative estimate of drug-likeness (QED) is 0.312. The molecule has 0 aliphatic heterocycles. The van der Waals surface area contributed by atoms with Crippen LogP contribution < -0.4 is 5.32 Å². The zero-order chi connectivity index (χ0) is 21.1. The smallest absolute Gasteiger partial charge is 0.271 e. The number of anilines is 1. The molecular formula is C20H18ClN5O3S. The van der Waals surface area contributed by atoms with Gasteiger partial charge in [0, 0.05) is 18.1 Å². The SMILES string of the molecule is O=C(CSc1nnc(C2CC2)n1Cc1ccccc1)Nc1ccc([N+](=O)[O-])cc1Cl. The normalized spacial score (nSPS) is 13.2. The van der Waals surface area contributed by atoms with Crippen LogP contribution in [0.1, 0.15) is 30.1 Å². The van der Waals surface area contributed by atoms with Crippen molar-refractivity contribution < 1.29 is 9.72 Å². The summed E-state index contributed by atoms with van der Waals surface area (Å²) in [6, 6.07) is 14.0. The Hall–Kier alpha value is -2.91. The highest BCUT2D eigenvalue weighted by atomic mass is 35.5. The number of aromatic nitrogens is 3. The molecule has 0 spiro atoms. The second-order valence-corrected chi connectivity index (χ2v) is 8.29. The van der Waals surface area contributed by atoms with Crippen LogP contribution in [0.15, 0.2) is 53.7 Å². The third kappa shape index (κ3) is 4.80. The van der Waals surface area contributed by atoms with Crippen LogP contribution in [-0.4, -0.2) is 31.3 Å². The summed E-state index contributed by atoms with van der Waals surface area (Å²) in [5, 5.41) is 22.9. The van der Waals surface area contributed by atoms with Gasteiger partial charge < -0.3 is 9.88 Å². The predicted molar refractivity (Wildman–Crippen MR) is 115 cm³/mol. The molecule has 10 heteroatoms. The van der Waals surface area contributed by atoms with Gasteiger partial charge in [0.15, 0.2) is 5.16 Å². The molecule has 0 atom stereocenters. The van der Waals surface area contributed by atoms with Crippen LogP contribution in [0.5, 0.6) is 0 Å². The summed E-state index contributed by atoms with van der Waals surface area (Å²) in [6.07, 6.45) is 2.22. The molecule has 8 nitrogen and oxygen atoms in total. The molecule has 1 aliphatic carbocycles. The van der Waals surface area contributed by atoms with E-state index in [1.807, 2.05) is 18.2 Å². The van der Waals surface area contributed by atoms with Crippen LogP contribution >= 0.6 is 23.4 Å². The topological polar surface area (TPSA) is 103 Å². The van der Waals surface area contributed by atoms with Gasteiger partial charge in [0.1, 0.15) is 5.82 Å². The fourth-order valence-corrected chi connectivity index (χ4v) is 3.97. The Balaban J connectivity index is 1.43. The maximum absolute atomic E-state index is 12.4. The highest BCUT2D eigenvalue weighted by molar-refractivity contribution is 7.99. The maximum atomic E-state index is 12.4. The first-order valence-electron chi connectivity index (χ1n) is 9.35. The molecule has 0 unspecified atom stereocenters. The highest BCUT2D eigenvalue weighted by Gasteiger charge is 2.30. The van der Waals surface area contributed by atoms with Crippen molar-refractivity contribution >= 4 is 40.6 Å². The Labute approximate surface area is 181 Å². The molecule has 2 aromatic carbocycles. The minimum Gasteiger partial charge on any atom is -0.324 e. The van der Waals surface area contributed by atoms with Crippen molar-refractivity contribution in [2.24, 2.45) is 0 Å². The number of hydrogen-bond donors (Lipinski definition) is 1. The van der Waals surface area contributed by atoms with Crippen molar-refractivity contribution in [3.05, 3.63) is 75.1 Å². The van der Waals surface area contributed by atoms with Gasteiger partial charge in [0.25, 0.3) is 5.69 Å². The van der Waals surface area contributed by atoms with Crippen LogP contribution in [0.2, 0.25) is 5.02 Å². The van der Waals surface area contributed by atoms with Gasteiger partial charge >= 0.3 is 0 Å². The molecule has 0 radical (unpaired) electrons. The number of nitrogens with zero attached hydrogens (tertiary/aromatic N) is 4. The number of thioether (sulfide) groups is 1. The molecule has 1 aromatic heterocycles. The minimum absolute atomic E-state index is 0.116. The van der Waals surface area contributed by atoms with Gasteiger partial charge in [-0.15, -0.1) is 10.2 Å². The van der Waals surface area contributed by atoms with Gasteiger partial charge in [-0.3, -0.25) is 14.9 Å². The summed E-state index contributed by atoms with van der Waals surface area (Å²) in [5.41, 5.74) is 1.34. The summed E-state index contributed by atoms with van der Waals surface area (Å²) in [4.78, 5) is 22.7. The molecule has 1 amide bonds. The van der Waals surface area contributed by atoms with E-state index >= 15 is 0 Å². The number of hydrogen-bond acceptors (Lipinski definition) is 6. The van der Waals surface area contributed by atoms with Crippen molar-refractivity contribution in [3.8, 4) is 0 Å². The first-order valence-corrected chi connectivity index (χ1v) is 10.7. The lowest BCUT2D eigenvalue weighted by Crippen LogP contribution is -2.15. The Morgan fingerprint density at radius 2 is 2.00 bits per heavy atom. The Morgan fingerprint density at radius 1 is 1.23 bits per heavy atom. The van der Waals surface area contributed by atoms with E-state index < -0.39 is 4.92 Å². The molecule has 0 bridgehead atoms. The van der Waals surface area contributed by atoms with E-state index in [0.717, 1.165) is 24.2 Å². The number of rotatable bonds is 8. The van der Waals surface area contributed by atoms with Gasteiger partial charge in [-0.25, -0.2) is 0 Å². The Morgan fingerprint density at radius 3 is 2.67 bits per heavy atom. The number of non-ortho nitro benzene ring substituents is 1. The molecular weight excluding hydrogens is 426 g/mol. The summed E-state index contributed by atoms with van der Waals surface area (Å²) >= 11 is 7.34. The molecule has 1 saturated carbocycles. The lowest BCUT2D eigenvalue weighted by atomic mass is 10.2. The van der Waals surface area contributed by atoms with Crippen LogP contribution in [0.25, 0.3) is 0 Å². The molecule has 1 heterocycles. The number of nitro benzene ring substituents is 1. The molecule has 4 rings (SSSR count). The second kappa shape index (κ2) is 8.85. The minimum atomic E-state index is -0.537. The first kappa shape index (κ1) is 20.4. The summed E-state index contributed by atoms with van der Waals surface area (Å²) in [5.74, 6) is 1.23. The second-order valence-electron chi connectivity index (χ2n) is 6.94.